The van der Waals surface area contributed by atoms with Gasteiger partial charge in [0.2, 0.25) is 0 Å². The number of hydrogen-bond donors (Lipinski definition) is 1. The van der Waals surface area contributed by atoms with Crippen molar-refractivity contribution in [1.82, 2.24) is 9.55 Å². The number of aliphatic hydroxyl groups is 1. The lowest BCUT2D eigenvalue weighted by atomic mass is 10.3. The molecule has 78 valence electrons. The van der Waals surface area contributed by atoms with Crippen LogP contribution in [0.4, 0.5) is 4.39 Å². The van der Waals surface area contributed by atoms with Gasteiger partial charge in [0.15, 0.2) is 11.7 Å². The minimum atomic E-state index is -0.504. The van der Waals surface area contributed by atoms with Crippen LogP contribution in [-0.2, 0) is 7.05 Å². The lowest BCUT2D eigenvalue weighted by Crippen LogP contribution is -1.94. The molecule has 15 heavy (non-hydrogen) atoms. The maximum absolute atomic E-state index is 13.5. The standard InChI is InChI=1S/C11H11FN2O/c1-14-10-5-3-2-4-9(10)13-11(14)8(12)6-7-15/h2-6,15H,7H2,1H3/b8-6-. The van der Waals surface area contributed by atoms with Crippen molar-refractivity contribution in [3.63, 3.8) is 0 Å². The highest BCUT2D eigenvalue weighted by Gasteiger charge is 2.10. The number of para-hydroxylation sites is 2. The molecule has 1 heterocycles. The summed E-state index contributed by atoms with van der Waals surface area (Å²) in [5, 5.41) is 8.61. The van der Waals surface area contributed by atoms with Crippen molar-refractivity contribution in [3.05, 3.63) is 36.2 Å². The average molecular weight is 206 g/mol. The first kappa shape index (κ1) is 9.86. The van der Waals surface area contributed by atoms with Gasteiger partial charge < -0.3 is 9.67 Å². The summed E-state index contributed by atoms with van der Waals surface area (Å²) in [5.41, 5.74) is 1.62. The van der Waals surface area contributed by atoms with E-state index in [4.69, 9.17) is 5.11 Å². The monoisotopic (exact) mass is 206 g/mol. The van der Waals surface area contributed by atoms with Gasteiger partial charge in [0, 0.05) is 7.05 Å². The zero-order valence-electron chi connectivity index (χ0n) is 8.31. The summed E-state index contributed by atoms with van der Waals surface area (Å²) in [6.45, 7) is -0.324. The van der Waals surface area contributed by atoms with Crippen LogP contribution in [0.5, 0.6) is 0 Å². The van der Waals surface area contributed by atoms with Gasteiger partial charge in [-0.15, -0.1) is 0 Å². The van der Waals surface area contributed by atoms with Crippen LogP contribution >= 0.6 is 0 Å². The van der Waals surface area contributed by atoms with Gasteiger partial charge >= 0.3 is 0 Å². The van der Waals surface area contributed by atoms with Crippen LogP contribution in [0.25, 0.3) is 16.9 Å². The number of imidazole rings is 1. The van der Waals surface area contributed by atoms with Crippen molar-refractivity contribution < 1.29 is 9.50 Å². The van der Waals surface area contributed by atoms with Crippen LogP contribution in [-0.4, -0.2) is 21.3 Å². The van der Waals surface area contributed by atoms with E-state index in [-0.39, 0.29) is 12.4 Å². The number of nitrogens with zero attached hydrogens (tertiary/aromatic N) is 2. The van der Waals surface area contributed by atoms with Gasteiger partial charge in [-0.3, -0.25) is 0 Å². The van der Waals surface area contributed by atoms with E-state index in [1.54, 1.807) is 11.6 Å². The topological polar surface area (TPSA) is 38.0 Å². The number of fused-ring (bicyclic) bond motifs is 1. The second kappa shape index (κ2) is 3.82. The van der Waals surface area contributed by atoms with Crippen LogP contribution in [0.3, 0.4) is 0 Å². The number of benzene rings is 1. The fourth-order valence-corrected chi connectivity index (χ4v) is 1.53. The Morgan fingerprint density at radius 3 is 2.93 bits per heavy atom. The normalized spacial score (nSPS) is 12.3. The van der Waals surface area contributed by atoms with E-state index in [0.29, 0.717) is 0 Å². The molecule has 0 aliphatic rings. The smallest absolute Gasteiger partial charge is 0.169 e. The van der Waals surface area contributed by atoms with Crippen LogP contribution in [0.1, 0.15) is 5.82 Å². The van der Waals surface area contributed by atoms with Gasteiger partial charge in [-0.2, -0.15) is 0 Å². The molecule has 0 unspecified atom stereocenters. The molecule has 2 aromatic rings. The second-order valence-corrected chi connectivity index (χ2v) is 3.22. The Morgan fingerprint density at radius 2 is 2.27 bits per heavy atom. The first-order valence-corrected chi connectivity index (χ1v) is 4.62. The van der Waals surface area contributed by atoms with E-state index >= 15 is 0 Å². The lowest BCUT2D eigenvalue weighted by molar-refractivity contribution is 0.342. The zero-order valence-corrected chi connectivity index (χ0v) is 8.31. The molecule has 0 bridgehead atoms. The maximum Gasteiger partial charge on any atom is 0.169 e. The summed E-state index contributed by atoms with van der Waals surface area (Å²) in [4.78, 5) is 4.14. The van der Waals surface area contributed by atoms with E-state index in [0.717, 1.165) is 17.1 Å². The summed E-state index contributed by atoms with van der Waals surface area (Å²) < 4.78 is 15.1. The third-order valence-electron chi connectivity index (χ3n) is 2.27. The van der Waals surface area contributed by atoms with Crippen LogP contribution in [0.15, 0.2) is 30.3 Å². The van der Waals surface area contributed by atoms with Crippen molar-refractivity contribution >= 4 is 16.9 Å². The fraction of sp³-hybridized carbons (Fsp3) is 0.182. The largest absolute Gasteiger partial charge is 0.392 e. The van der Waals surface area contributed by atoms with Crippen molar-refractivity contribution in [1.29, 1.82) is 0 Å². The van der Waals surface area contributed by atoms with Crippen molar-refractivity contribution in [2.45, 2.75) is 0 Å². The quantitative estimate of drug-likeness (QED) is 0.814. The molecular formula is C11H11FN2O. The highest BCUT2D eigenvalue weighted by atomic mass is 19.1. The van der Waals surface area contributed by atoms with Gasteiger partial charge in [-0.1, -0.05) is 12.1 Å². The molecule has 0 aliphatic heterocycles. The molecule has 4 heteroatoms. The van der Waals surface area contributed by atoms with Gasteiger partial charge in [-0.25, -0.2) is 9.37 Å². The molecule has 0 aliphatic carbocycles. The molecule has 0 fully saturated rings. The summed E-state index contributed by atoms with van der Waals surface area (Å²) in [5.74, 6) is -0.263. The van der Waals surface area contributed by atoms with Gasteiger partial charge in [-0.05, 0) is 18.2 Å². The molecule has 1 aromatic carbocycles. The van der Waals surface area contributed by atoms with E-state index in [1.165, 1.54) is 0 Å². The summed E-state index contributed by atoms with van der Waals surface area (Å²) in [6.07, 6.45) is 1.10. The van der Waals surface area contributed by atoms with Gasteiger partial charge in [0.25, 0.3) is 0 Å². The molecule has 0 spiro atoms. The van der Waals surface area contributed by atoms with Crippen molar-refractivity contribution in [3.8, 4) is 0 Å². The van der Waals surface area contributed by atoms with Gasteiger partial charge in [0.1, 0.15) is 0 Å². The van der Waals surface area contributed by atoms with Gasteiger partial charge in [0.05, 0.1) is 17.6 Å². The Labute approximate surface area is 86.5 Å². The molecule has 0 saturated heterocycles. The summed E-state index contributed by atoms with van der Waals surface area (Å²) in [7, 11) is 1.75. The van der Waals surface area contributed by atoms with Crippen molar-refractivity contribution in [2.24, 2.45) is 7.05 Å². The second-order valence-electron chi connectivity index (χ2n) is 3.22. The first-order chi connectivity index (χ1) is 7.24. The molecular weight excluding hydrogens is 195 g/mol. The summed E-state index contributed by atoms with van der Waals surface area (Å²) in [6, 6.07) is 7.43. The molecule has 0 amide bonds. The maximum atomic E-state index is 13.5. The van der Waals surface area contributed by atoms with Crippen molar-refractivity contribution in [2.75, 3.05) is 6.61 Å². The lowest BCUT2D eigenvalue weighted by Gasteiger charge is -1.98. The Kier molecular flexibility index (Phi) is 2.51. The summed E-state index contributed by atoms with van der Waals surface area (Å²) >= 11 is 0. The number of rotatable bonds is 2. The molecule has 2 rings (SSSR count). The first-order valence-electron chi connectivity index (χ1n) is 4.62. The van der Waals surface area contributed by atoms with Crippen LogP contribution < -0.4 is 0 Å². The average Bonchev–Trinajstić information content (AvgIpc) is 2.57. The SMILES string of the molecule is Cn1c(/C(F)=C/CO)nc2ccccc21. The molecule has 1 aromatic heterocycles. The Hall–Kier alpha value is -1.68. The third-order valence-corrected chi connectivity index (χ3v) is 2.27. The third kappa shape index (κ3) is 1.64. The fourth-order valence-electron chi connectivity index (χ4n) is 1.53. The molecule has 0 atom stereocenters. The van der Waals surface area contributed by atoms with E-state index in [2.05, 4.69) is 4.98 Å². The highest BCUT2D eigenvalue weighted by molar-refractivity contribution is 5.78. The molecule has 0 saturated carbocycles. The Morgan fingerprint density at radius 1 is 1.53 bits per heavy atom. The number of aryl methyl sites for hydroxylation is 1. The molecule has 1 N–H and O–H groups in total. The molecule has 0 radical (unpaired) electrons. The molecule has 3 nitrogen and oxygen atoms in total. The Bertz CT molecular complexity index is 516. The minimum absolute atomic E-state index is 0.241. The predicted molar refractivity (Wildman–Crippen MR) is 56.9 cm³/mol. The number of aromatic nitrogens is 2. The minimum Gasteiger partial charge on any atom is -0.392 e. The van der Waals surface area contributed by atoms with Crippen LogP contribution in [0.2, 0.25) is 0 Å². The predicted octanol–water partition coefficient (Wildman–Crippen LogP) is 1.88. The number of hydrogen-bond acceptors (Lipinski definition) is 2. The number of halogens is 1. The van der Waals surface area contributed by atoms with E-state index in [9.17, 15) is 4.39 Å². The van der Waals surface area contributed by atoms with E-state index < -0.39 is 5.83 Å². The number of aliphatic hydroxyl groups excluding tert-OH is 1. The van der Waals surface area contributed by atoms with E-state index in [1.807, 2.05) is 24.3 Å². The highest BCUT2D eigenvalue weighted by Crippen LogP contribution is 2.20. The Balaban J connectivity index is 2.63. The zero-order chi connectivity index (χ0) is 10.8. The van der Waals surface area contributed by atoms with Crippen LogP contribution in [0, 0.1) is 0 Å².